The van der Waals surface area contributed by atoms with Crippen LogP contribution in [-0.4, -0.2) is 15.0 Å². The third-order valence-electron chi connectivity index (χ3n) is 1.02. The summed E-state index contributed by atoms with van der Waals surface area (Å²) in [4.78, 5) is 10.7. The molecule has 0 radical (unpaired) electrons. The Morgan fingerprint density at radius 2 is 2.10 bits per heavy atom. The van der Waals surface area contributed by atoms with E-state index in [1.54, 1.807) is 18.3 Å². The zero-order valence-electron chi connectivity index (χ0n) is 6.17. The zero-order valence-corrected chi connectivity index (χ0v) is 7.32. The van der Waals surface area contributed by atoms with Crippen LogP contribution in [0.5, 0.6) is 0 Å². The van der Waals surface area contributed by atoms with Crippen LogP contribution >= 0.6 is 0 Å². The third kappa shape index (κ3) is 3.24. The average molecular weight is 156 g/mol. The Balaban J connectivity index is 3.73. The zero-order chi connectivity index (χ0) is 7.98. The van der Waals surface area contributed by atoms with Crippen molar-refractivity contribution in [3.63, 3.8) is 0 Å². The van der Waals surface area contributed by atoms with Crippen LogP contribution in [-0.2, 0) is 9.22 Å². The van der Waals surface area contributed by atoms with Crippen LogP contribution in [0.15, 0.2) is 24.6 Å². The second kappa shape index (κ2) is 4.99. The van der Waals surface area contributed by atoms with Crippen LogP contribution < -0.4 is 0 Å². The van der Waals surface area contributed by atoms with Gasteiger partial charge in [-0.15, -0.1) is 13.2 Å². The molecule has 0 aliphatic heterocycles. The molecule has 0 aromatic rings. The van der Waals surface area contributed by atoms with E-state index in [9.17, 15) is 4.79 Å². The van der Waals surface area contributed by atoms with Gasteiger partial charge in [0.25, 0.3) is 15.0 Å². The lowest BCUT2D eigenvalue weighted by Gasteiger charge is -2.05. The molecule has 0 heterocycles. The first-order valence-electron chi connectivity index (χ1n) is 3.19. The van der Waals surface area contributed by atoms with Crippen LogP contribution in [0.25, 0.3) is 0 Å². The van der Waals surface area contributed by atoms with E-state index in [1.807, 2.05) is 0 Å². The summed E-state index contributed by atoms with van der Waals surface area (Å²) in [6.45, 7) is 8.83. The molecule has 2 nitrogen and oxygen atoms in total. The van der Waals surface area contributed by atoms with E-state index < -0.39 is 9.04 Å². The summed E-state index contributed by atoms with van der Waals surface area (Å²) in [6, 6.07) is 0. The van der Waals surface area contributed by atoms with Gasteiger partial charge >= 0.3 is 0 Å². The minimum Gasteiger partial charge on any atom is -0.514 e. The topological polar surface area (TPSA) is 26.3 Å². The van der Waals surface area contributed by atoms with E-state index in [0.29, 0.717) is 6.42 Å². The number of hydrogen-bond donors (Lipinski definition) is 0. The fraction of sp³-hybridized carbons (Fsp3) is 0.286. The van der Waals surface area contributed by atoms with Crippen LogP contribution in [0.3, 0.4) is 0 Å². The van der Waals surface area contributed by atoms with Crippen molar-refractivity contribution in [1.29, 1.82) is 0 Å². The van der Waals surface area contributed by atoms with Crippen molar-refractivity contribution in [2.75, 3.05) is 0 Å². The minimum atomic E-state index is -1.59. The van der Waals surface area contributed by atoms with Gasteiger partial charge in [0.1, 0.15) is 0 Å². The normalized spacial score (nSPS) is 9.00. The molecule has 3 heteroatoms. The molecule has 0 rings (SSSR count). The van der Waals surface area contributed by atoms with Crippen LogP contribution in [0.1, 0.15) is 13.3 Å². The highest BCUT2D eigenvalue weighted by Crippen LogP contribution is 1.91. The largest absolute Gasteiger partial charge is 0.514 e. The van der Waals surface area contributed by atoms with Crippen molar-refractivity contribution < 1.29 is 9.22 Å². The second-order valence-corrected chi connectivity index (χ2v) is 3.89. The first-order chi connectivity index (χ1) is 4.74. The summed E-state index contributed by atoms with van der Waals surface area (Å²) in [6.07, 6.45) is 0.422. The van der Waals surface area contributed by atoms with Gasteiger partial charge in [0.15, 0.2) is 0 Å². The SMILES string of the molecule is C=C[SiH](C=C)OC(=O)CC. The van der Waals surface area contributed by atoms with Gasteiger partial charge in [-0.25, -0.2) is 0 Å². The molecule has 0 aliphatic carbocycles. The van der Waals surface area contributed by atoms with Crippen molar-refractivity contribution >= 4 is 15.0 Å². The molecule has 0 saturated heterocycles. The van der Waals surface area contributed by atoms with Gasteiger partial charge in [-0.05, 0) is 0 Å². The summed E-state index contributed by atoms with van der Waals surface area (Å²) in [5.74, 6) is -0.170. The third-order valence-corrected chi connectivity index (χ3v) is 2.49. The summed E-state index contributed by atoms with van der Waals surface area (Å²) in [7, 11) is -1.59. The highest BCUT2D eigenvalue weighted by Gasteiger charge is 2.05. The lowest BCUT2D eigenvalue weighted by Crippen LogP contribution is -2.17. The molecule has 10 heavy (non-hydrogen) atoms. The number of carbonyl (C=O) groups excluding carboxylic acids is 1. The first-order valence-corrected chi connectivity index (χ1v) is 4.99. The number of hydrogen-bond acceptors (Lipinski definition) is 2. The second-order valence-electron chi connectivity index (χ2n) is 1.78. The van der Waals surface area contributed by atoms with E-state index in [2.05, 4.69) is 13.2 Å². The molecule has 0 bridgehead atoms. The summed E-state index contributed by atoms with van der Waals surface area (Å²) >= 11 is 0. The molecule has 0 amide bonds. The highest BCUT2D eigenvalue weighted by molar-refractivity contribution is 6.64. The van der Waals surface area contributed by atoms with E-state index in [4.69, 9.17) is 4.43 Å². The van der Waals surface area contributed by atoms with Crippen molar-refractivity contribution in [3.05, 3.63) is 24.6 Å². The van der Waals surface area contributed by atoms with Gasteiger partial charge in [-0.1, -0.05) is 18.3 Å². The van der Waals surface area contributed by atoms with Gasteiger partial charge in [0.2, 0.25) is 0 Å². The molecule has 0 aromatic heterocycles. The maximum Gasteiger partial charge on any atom is 0.292 e. The van der Waals surface area contributed by atoms with Gasteiger partial charge in [-0.2, -0.15) is 0 Å². The first kappa shape index (κ1) is 9.17. The number of rotatable bonds is 4. The Bertz CT molecular complexity index is 135. The predicted octanol–water partition coefficient (Wildman–Crippen LogP) is 1.11. The smallest absolute Gasteiger partial charge is 0.292 e. The molecule has 56 valence electrons. The van der Waals surface area contributed by atoms with Gasteiger partial charge < -0.3 is 4.43 Å². The monoisotopic (exact) mass is 156 g/mol. The van der Waals surface area contributed by atoms with E-state index in [1.165, 1.54) is 0 Å². The van der Waals surface area contributed by atoms with Gasteiger partial charge in [0, 0.05) is 6.42 Å². The summed E-state index contributed by atoms with van der Waals surface area (Å²) in [5.41, 5.74) is 3.33. The molecule has 0 aliphatic rings. The Morgan fingerprint density at radius 1 is 1.60 bits per heavy atom. The van der Waals surface area contributed by atoms with Crippen LogP contribution in [0, 0.1) is 0 Å². The average Bonchev–Trinajstić information content (AvgIpc) is 1.99. The van der Waals surface area contributed by atoms with Crippen molar-refractivity contribution in [1.82, 2.24) is 0 Å². The molecular weight excluding hydrogens is 144 g/mol. The lowest BCUT2D eigenvalue weighted by molar-refractivity contribution is -0.134. The van der Waals surface area contributed by atoms with Gasteiger partial charge in [0.05, 0.1) is 0 Å². The molecule has 0 spiro atoms. The lowest BCUT2D eigenvalue weighted by atomic mass is 10.5. The molecule has 0 aromatic carbocycles. The Labute approximate surface area is 62.9 Å². The fourth-order valence-electron chi connectivity index (χ4n) is 0.428. The standard InChI is InChI=1S/C7H12O2Si/c1-4-7(8)9-10(5-2)6-3/h5-6,10H,2-4H2,1H3. The Hall–Kier alpha value is -0.833. The maximum absolute atomic E-state index is 10.7. The number of carbonyl (C=O) groups is 1. The Kier molecular flexibility index (Phi) is 4.58. The van der Waals surface area contributed by atoms with Crippen LogP contribution in [0.4, 0.5) is 0 Å². The van der Waals surface area contributed by atoms with E-state index in [0.717, 1.165) is 0 Å². The maximum atomic E-state index is 10.7. The van der Waals surface area contributed by atoms with Gasteiger partial charge in [-0.3, -0.25) is 4.79 Å². The van der Waals surface area contributed by atoms with Crippen molar-refractivity contribution in [3.8, 4) is 0 Å². The fourth-order valence-corrected chi connectivity index (χ4v) is 1.28. The molecule has 0 N–H and O–H groups in total. The van der Waals surface area contributed by atoms with Crippen molar-refractivity contribution in [2.24, 2.45) is 0 Å². The predicted molar refractivity (Wildman–Crippen MR) is 43.9 cm³/mol. The van der Waals surface area contributed by atoms with E-state index in [-0.39, 0.29) is 5.97 Å². The van der Waals surface area contributed by atoms with E-state index >= 15 is 0 Å². The molecule has 0 atom stereocenters. The summed E-state index contributed by atoms with van der Waals surface area (Å²) in [5, 5.41) is 0. The van der Waals surface area contributed by atoms with Crippen molar-refractivity contribution in [2.45, 2.75) is 13.3 Å². The molecular formula is C7H12O2Si. The van der Waals surface area contributed by atoms with Crippen LogP contribution in [0.2, 0.25) is 0 Å². The molecule has 0 unspecified atom stereocenters. The summed E-state index contributed by atoms with van der Waals surface area (Å²) < 4.78 is 4.96. The highest BCUT2D eigenvalue weighted by atomic mass is 28.3. The quantitative estimate of drug-likeness (QED) is 0.570. The molecule has 0 saturated carbocycles. The molecule has 0 fully saturated rings. The Morgan fingerprint density at radius 3 is 2.40 bits per heavy atom. The minimum absolute atomic E-state index is 0.170.